The van der Waals surface area contributed by atoms with Crippen molar-refractivity contribution in [3.05, 3.63) is 29.8 Å². The van der Waals surface area contributed by atoms with Gasteiger partial charge in [-0.2, -0.15) is 0 Å². The molecule has 18 heavy (non-hydrogen) atoms. The molecule has 1 aliphatic rings. The molecule has 0 aromatic heterocycles. The number of rotatable bonds is 5. The molecule has 2 N–H and O–H groups in total. The lowest BCUT2D eigenvalue weighted by Crippen LogP contribution is -2.37. The van der Waals surface area contributed by atoms with E-state index in [2.05, 4.69) is 10.0 Å². The number of amides is 1. The van der Waals surface area contributed by atoms with Crippen LogP contribution < -0.4 is 10.0 Å². The summed E-state index contributed by atoms with van der Waals surface area (Å²) in [5.74, 6) is -0.283. The summed E-state index contributed by atoms with van der Waals surface area (Å²) in [6, 6.07) is 6.91. The zero-order chi connectivity index (χ0) is 13.2. The van der Waals surface area contributed by atoms with Crippen LogP contribution >= 0.6 is 0 Å². The molecule has 0 atom stereocenters. The van der Waals surface area contributed by atoms with Crippen LogP contribution in [0.5, 0.6) is 0 Å². The summed E-state index contributed by atoms with van der Waals surface area (Å²) < 4.78 is 26.2. The summed E-state index contributed by atoms with van der Waals surface area (Å²) in [5.41, 5.74) is 0.660. The lowest BCUT2D eigenvalue weighted by atomic mass is 10.2. The average molecular weight is 268 g/mol. The number of carbonyl (C=O) groups excluding carboxylic acids is 1. The first-order chi connectivity index (χ1) is 8.49. The molecule has 0 heterocycles. The Balaban J connectivity index is 1.98. The topological polar surface area (TPSA) is 75.3 Å². The van der Waals surface area contributed by atoms with Crippen LogP contribution in [0.2, 0.25) is 0 Å². The molecule has 2 rings (SSSR count). The highest BCUT2D eigenvalue weighted by Crippen LogP contribution is 2.18. The van der Waals surface area contributed by atoms with Crippen molar-refractivity contribution >= 4 is 15.9 Å². The summed E-state index contributed by atoms with van der Waals surface area (Å²) in [6.07, 6.45) is 1.96. The smallest absolute Gasteiger partial charge is 0.241 e. The average Bonchev–Trinajstić information content (AvgIpc) is 3.11. The van der Waals surface area contributed by atoms with Gasteiger partial charge >= 0.3 is 0 Å². The fraction of sp³-hybridized carbons (Fsp3) is 0.417. The number of nitrogens with one attached hydrogen (secondary N) is 2. The molecule has 98 valence electrons. The van der Waals surface area contributed by atoms with E-state index in [4.69, 9.17) is 0 Å². The Morgan fingerprint density at radius 2 is 2.00 bits per heavy atom. The Hall–Kier alpha value is -1.40. The summed E-state index contributed by atoms with van der Waals surface area (Å²) in [7, 11) is -3.61. The minimum atomic E-state index is -3.61. The van der Waals surface area contributed by atoms with Crippen molar-refractivity contribution in [3.8, 4) is 0 Å². The molecule has 0 unspecified atom stereocenters. The van der Waals surface area contributed by atoms with Crippen molar-refractivity contribution < 1.29 is 13.2 Å². The van der Waals surface area contributed by atoms with Gasteiger partial charge in [0.15, 0.2) is 0 Å². The fourth-order valence-corrected chi connectivity index (χ4v) is 2.83. The third kappa shape index (κ3) is 3.30. The van der Waals surface area contributed by atoms with E-state index < -0.39 is 10.0 Å². The van der Waals surface area contributed by atoms with Gasteiger partial charge in [0, 0.05) is 6.04 Å². The monoisotopic (exact) mass is 268 g/mol. The normalized spacial score (nSPS) is 15.4. The first-order valence-corrected chi connectivity index (χ1v) is 7.32. The molecule has 1 aromatic carbocycles. The third-order valence-electron chi connectivity index (χ3n) is 2.75. The Labute approximate surface area is 107 Å². The Kier molecular flexibility index (Phi) is 3.68. The van der Waals surface area contributed by atoms with Crippen LogP contribution in [0, 0.1) is 6.92 Å². The summed E-state index contributed by atoms with van der Waals surface area (Å²) in [5, 5.41) is 2.73. The zero-order valence-electron chi connectivity index (χ0n) is 10.1. The van der Waals surface area contributed by atoms with Crippen LogP contribution in [-0.4, -0.2) is 26.9 Å². The number of sulfonamides is 1. The molecular weight excluding hydrogens is 252 g/mol. The Bertz CT molecular complexity index is 550. The molecule has 1 fully saturated rings. The van der Waals surface area contributed by atoms with Crippen molar-refractivity contribution in [2.75, 3.05) is 6.54 Å². The predicted octanol–water partition coefficient (Wildman–Crippen LogP) is 0.552. The second-order valence-corrected chi connectivity index (χ2v) is 6.17. The van der Waals surface area contributed by atoms with Crippen molar-refractivity contribution in [2.24, 2.45) is 0 Å². The van der Waals surface area contributed by atoms with E-state index in [9.17, 15) is 13.2 Å². The Morgan fingerprint density at radius 1 is 1.33 bits per heavy atom. The second-order valence-electron chi connectivity index (χ2n) is 4.43. The molecule has 5 nitrogen and oxygen atoms in total. The number of benzene rings is 1. The molecule has 0 bridgehead atoms. The molecule has 0 radical (unpaired) electrons. The van der Waals surface area contributed by atoms with Gasteiger partial charge in [-0.25, -0.2) is 13.1 Å². The molecule has 0 saturated heterocycles. The maximum atomic E-state index is 12.0. The van der Waals surface area contributed by atoms with Gasteiger partial charge in [-0.3, -0.25) is 4.79 Å². The van der Waals surface area contributed by atoms with Crippen LogP contribution in [0.25, 0.3) is 0 Å². The van der Waals surface area contributed by atoms with Gasteiger partial charge in [-0.15, -0.1) is 0 Å². The standard InChI is InChI=1S/C12H16N2O3S/c1-9-4-2-3-5-11(9)18(16,17)13-8-12(15)14-10-6-7-10/h2-5,10,13H,6-8H2,1H3,(H,14,15). The van der Waals surface area contributed by atoms with Crippen molar-refractivity contribution in [3.63, 3.8) is 0 Å². The van der Waals surface area contributed by atoms with Gasteiger partial charge < -0.3 is 5.32 Å². The summed E-state index contributed by atoms with van der Waals surface area (Å²) >= 11 is 0. The SMILES string of the molecule is Cc1ccccc1S(=O)(=O)NCC(=O)NC1CC1. The fourth-order valence-electron chi connectivity index (χ4n) is 1.60. The first-order valence-electron chi connectivity index (χ1n) is 5.84. The number of aryl methyl sites for hydroxylation is 1. The number of hydrogen-bond acceptors (Lipinski definition) is 3. The van der Waals surface area contributed by atoms with E-state index in [1.54, 1.807) is 25.1 Å². The van der Waals surface area contributed by atoms with Crippen molar-refractivity contribution in [2.45, 2.75) is 30.7 Å². The lowest BCUT2D eigenvalue weighted by Gasteiger charge is -2.09. The summed E-state index contributed by atoms with van der Waals surface area (Å²) in [4.78, 5) is 11.6. The van der Waals surface area contributed by atoms with Gasteiger partial charge in [-0.05, 0) is 31.4 Å². The number of hydrogen-bond donors (Lipinski definition) is 2. The van der Waals surface area contributed by atoms with E-state index >= 15 is 0 Å². The molecule has 1 aromatic rings. The quantitative estimate of drug-likeness (QED) is 0.819. The van der Waals surface area contributed by atoms with Crippen molar-refractivity contribution in [1.82, 2.24) is 10.0 Å². The maximum Gasteiger partial charge on any atom is 0.241 e. The molecule has 0 spiro atoms. The van der Waals surface area contributed by atoms with Gasteiger partial charge in [0.2, 0.25) is 15.9 Å². The van der Waals surface area contributed by atoms with Gasteiger partial charge in [0.1, 0.15) is 0 Å². The van der Waals surface area contributed by atoms with E-state index in [1.165, 1.54) is 6.07 Å². The maximum absolute atomic E-state index is 12.0. The van der Waals surface area contributed by atoms with E-state index in [0.29, 0.717) is 5.56 Å². The molecule has 1 saturated carbocycles. The van der Waals surface area contributed by atoms with Crippen LogP contribution in [0.3, 0.4) is 0 Å². The highest BCUT2D eigenvalue weighted by atomic mass is 32.2. The van der Waals surface area contributed by atoms with Gasteiger partial charge in [0.25, 0.3) is 0 Å². The highest BCUT2D eigenvalue weighted by Gasteiger charge is 2.24. The van der Waals surface area contributed by atoms with Gasteiger partial charge in [0.05, 0.1) is 11.4 Å². The highest BCUT2D eigenvalue weighted by molar-refractivity contribution is 7.89. The van der Waals surface area contributed by atoms with E-state index in [1.807, 2.05) is 0 Å². The molecule has 6 heteroatoms. The molecule has 1 amide bonds. The van der Waals surface area contributed by atoms with E-state index in [-0.39, 0.29) is 23.4 Å². The molecule has 1 aliphatic carbocycles. The predicted molar refractivity (Wildman–Crippen MR) is 67.5 cm³/mol. The minimum absolute atomic E-state index is 0.212. The van der Waals surface area contributed by atoms with Crippen molar-refractivity contribution in [1.29, 1.82) is 0 Å². The first kappa shape index (κ1) is 13.0. The molecule has 0 aliphatic heterocycles. The zero-order valence-corrected chi connectivity index (χ0v) is 11.0. The largest absolute Gasteiger partial charge is 0.352 e. The third-order valence-corrected chi connectivity index (χ3v) is 4.31. The van der Waals surface area contributed by atoms with Crippen LogP contribution in [0.15, 0.2) is 29.2 Å². The van der Waals surface area contributed by atoms with Crippen LogP contribution in [0.1, 0.15) is 18.4 Å². The molecular formula is C12H16N2O3S. The second kappa shape index (κ2) is 5.07. The summed E-state index contributed by atoms with van der Waals surface area (Å²) in [6.45, 7) is 1.51. The van der Waals surface area contributed by atoms with Crippen LogP contribution in [-0.2, 0) is 14.8 Å². The lowest BCUT2D eigenvalue weighted by molar-refractivity contribution is -0.120. The van der Waals surface area contributed by atoms with Gasteiger partial charge in [-0.1, -0.05) is 18.2 Å². The number of carbonyl (C=O) groups is 1. The van der Waals surface area contributed by atoms with E-state index in [0.717, 1.165) is 12.8 Å². The van der Waals surface area contributed by atoms with Crippen LogP contribution in [0.4, 0.5) is 0 Å². The minimum Gasteiger partial charge on any atom is -0.352 e. The Morgan fingerprint density at radius 3 is 2.61 bits per heavy atom.